The van der Waals surface area contributed by atoms with E-state index < -0.39 is 0 Å². The lowest BCUT2D eigenvalue weighted by Gasteiger charge is -2.45. The summed E-state index contributed by atoms with van der Waals surface area (Å²) in [5, 5.41) is 8.23. The zero-order valence-corrected chi connectivity index (χ0v) is 12.3. The van der Waals surface area contributed by atoms with Gasteiger partial charge >= 0.3 is 0 Å². The maximum atomic E-state index is 4.57. The Labute approximate surface area is 122 Å². The van der Waals surface area contributed by atoms with Crippen LogP contribution in [0, 0.1) is 0 Å². The van der Waals surface area contributed by atoms with Crippen LogP contribution in [0.4, 0.5) is 5.82 Å². The van der Waals surface area contributed by atoms with Crippen molar-refractivity contribution in [2.45, 2.75) is 36.9 Å². The van der Waals surface area contributed by atoms with Gasteiger partial charge in [-0.3, -0.25) is 4.40 Å². The summed E-state index contributed by atoms with van der Waals surface area (Å²) in [6.07, 6.45) is 12.4. The second-order valence-corrected chi connectivity index (χ2v) is 7.39. The van der Waals surface area contributed by atoms with Gasteiger partial charge in [0.15, 0.2) is 5.82 Å². The molecule has 2 aromatic rings. The Hall–Kier alpha value is -1.30. The van der Waals surface area contributed by atoms with Gasteiger partial charge in [0.05, 0.1) is 0 Å². The molecule has 0 unspecified atom stereocenters. The quantitative estimate of drug-likeness (QED) is 0.806. The number of anilines is 1. The zero-order chi connectivity index (χ0) is 13.4. The fraction of sp³-hybridized carbons (Fsp3) is 0.643. The Balaban J connectivity index is 1.66. The van der Waals surface area contributed by atoms with Crippen LogP contribution in [-0.4, -0.2) is 43.2 Å². The highest BCUT2D eigenvalue weighted by molar-refractivity contribution is 8.00. The maximum Gasteiger partial charge on any atom is 0.203 e. The van der Waals surface area contributed by atoms with Gasteiger partial charge in [0.1, 0.15) is 6.33 Å². The standard InChI is InChI=1S/C14H19N5S/c1-2-4-14(5-3-1)10-18(8-9-20-14)12-13-17-16-11-19(13)7-6-15-12/h6-7,11H,1-5,8-10H2. The smallest absolute Gasteiger partial charge is 0.203 e. The van der Waals surface area contributed by atoms with E-state index in [0.717, 1.165) is 24.6 Å². The highest BCUT2D eigenvalue weighted by Crippen LogP contribution is 2.43. The molecule has 20 heavy (non-hydrogen) atoms. The summed E-state index contributed by atoms with van der Waals surface area (Å²) >= 11 is 2.18. The molecular formula is C14H19N5S. The molecule has 0 amide bonds. The van der Waals surface area contributed by atoms with E-state index in [1.807, 2.05) is 16.8 Å². The first-order valence-electron chi connectivity index (χ1n) is 7.40. The summed E-state index contributed by atoms with van der Waals surface area (Å²) < 4.78 is 2.41. The van der Waals surface area contributed by atoms with Gasteiger partial charge in [-0.1, -0.05) is 19.3 Å². The van der Waals surface area contributed by atoms with Crippen molar-refractivity contribution < 1.29 is 0 Å². The van der Waals surface area contributed by atoms with Crippen molar-refractivity contribution in [3.63, 3.8) is 0 Å². The highest BCUT2D eigenvalue weighted by atomic mass is 32.2. The van der Waals surface area contributed by atoms with Crippen molar-refractivity contribution >= 4 is 23.2 Å². The van der Waals surface area contributed by atoms with Crippen molar-refractivity contribution in [2.75, 3.05) is 23.7 Å². The number of nitrogens with zero attached hydrogens (tertiary/aromatic N) is 5. The third kappa shape index (κ3) is 2.06. The van der Waals surface area contributed by atoms with Crippen LogP contribution < -0.4 is 4.90 Å². The van der Waals surface area contributed by atoms with E-state index in [0.29, 0.717) is 4.75 Å². The number of hydrogen-bond donors (Lipinski definition) is 0. The lowest BCUT2D eigenvalue weighted by molar-refractivity contribution is 0.390. The lowest BCUT2D eigenvalue weighted by atomic mass is 9.87. The number of fused-ring (bicyclic) bond motifs is 1. The first kappa shape index (κ1) is 12.4. The third-order valence-corrected chi connectivity index (χ3v) is 6.05. The molecule has 106 valence electrons. The minimum atomic E-state index is 0.449. The van der Waals surface area contributed by atoms with E-state index in [-0.39, 0.29) is 0 Å². The van der Waals surface area contributed by atoms with E-state index in [1.165, 1.54) is 37.9 Å². The fourth-order valence-corrected chi connectivity index (χ4v) is 5.06. The Morgan fingerprint density at radius 2 is 2.10 bits per heavy atom. The molecule has 1 saturated carbocycles. The summed E-state index contributed by atoms with van der Waals surface area (Å²) in [7, 11) is 0. The molecule has 6 heteroatoms. The molecule has 0 bridgehead atoms. The minimum Gasteiger partial charge on any atom is -0.351 e. The first-order chi connectivity index (χ1) is 9.86. The van der Waals surface area contributed by atoms with E-state index in [1.54, 1.807) is 6.33 Å². The van der Waals surface area contributed by atoms with Gasteiger partial charge in [-0.05, 0) is 12.8 Å². The second-order valence-electron chi connectivity index (χ2n) is 5.83. The molecular weight excluding hydrogens is 270 g/mol. The van der Waals surface area contributed by atoms with Crippen molar-refractivity contribution in [2.24, 2.45) is 0 Å². The van der Waals surface area contributed by atoms with E-state index in [4.69, 9.17) is 0 Å². The fourth-order valence-electron chi connectivity index (χ4n) is 3.49. The molecule has 4 rings (SSSR count). The number of thioether (sulfide) groups is 1. The van der Waals surface area contributed by atoms with Gasteiger partial charge in [0.25, 0.3) is 0 Å². The summed E-state index contributed by atoms with van der Waals surface area (Å²) in [6.45, 7) is 2.17. The van der Waals surface area contributed by atoms with Crippen LogP contribution in [0.2, 0.25) is 0 Å². The molecule has 1 spiro atoms. The van der Waals surface area contributed by atoms with Gasteiger partial charge < -0.3 is 4.90 Å². The molecule has 3 heterocycles. The molecule has 0 atom stereocenters. The van der Waals surface area contributed by atoms with Gasteiger partial charge in [-0.15, -0.1) is 10.2 Å². The molecule has 1 aliphatic heterocycles. The number of rotatable bonds is 1. The van der Waals surface area contributed by atoms with Crippen molar-refractivity contribution in [3.05, 3.63) is 18.7 Å². The average molecular weight is 289 g/mol. The SMILES string of the molecule is c1cn2cnnc2c(N2CCSC3(CCCCC3)C2)n1. The molecule has 1 saturated heterocycles. The van der Waals surface area contributed by atoms with Crippen LogP contribution in [0.5, 0.6) is 0 Å². The summed E-state index contributed by atoms with van der Waals surface area (Å²) in [5.74, 6) is 2.19. The molecule has 2 aliphatic rings. The predicted octanol–water partition coefficient (Wildman–Crippen LogP) is 2.38. The minimum absolute atomic E-state index is 0.449. The van der Waals surface area contributed by atoms with Gasteiger partial charge in [-0.25, -0.2) is 4.98 Å². The van der Waals surface area contributed by atoms with Crippen LogP contribution in [-0.2, 0) is 0 Å². The molecule has 5 nitrogen and oxygen atoms in total. The third-order valence-electron chi connectivity index (χ3n) is 4.51. The molecule has 2 aromatic heterocycles. The van der Waals surface area contributed by atoms with Crippen LogP contribution in [0.25, 0.3) is 5.65 Å². The average Bonchev–Trinajstić information content (AvgIpc) is 2.96. The van der Waals surface area contributed by atoms with E-state index in [9.17, 15) is 0 Å². The van der Waals surface area contributed by atoms with Gasteiger partial charge in [0.2, 0.25) is 5.65 Å². The molecule has 0 radical (unpaired) electrons. The number of hydrogen-bond acceptors (Lipinski definition) is 5. The van der Waals surface area contributed by atoms with Crippen molar-refractivity contribution in [1.29, 1.82) is 0 Å². The Bertz CT molecular complexity index is 599. The zero-order valence-electron chi connectivity index (χ0n) is 11.5. The van der Waals surface area contributed by atoms with E-state index in [2.05, 4.69) is 31.8 Å². The molecule has 0 aromatic carbocycles. The van der Waals surface area contributed by atoms with Crippen LogP contribution >= 0.6 is 11.8 Å². The van der Waals surface area contributed by atoms with Crippen LogP contribution in [0.1, 0.15) is 32.1 Å². The largest absolute Gasteiger partial charge is 0.351 e. The predicted molar refractivity (Wildman–Crippen MR) is 81.3 cm³/mol. The lowest BCUT2D eigenvalue weighted by Crippen LogP contribution is -2.48. The molecule has 0 N–H and O–H groups in total. The van der Waals surface area contributed by atoms with Crippen molar-refractivity contribution in [3.8, 4) is 0 Å². The highest BCUT2D eigenvalue weighted by Gasteiger charge is 2.38. The molecule has 2 fully saturated rings. The van der Waals surface area contributed by atoms with E-state index >= 15 is 0 Å². The summed E-state index contributed by atoms with van der Waals surface area (Å²) in [6, 6.07) is 0. The number of aromatic nitrogens is 4. The molecule has 1 aliphatic carbocycles. The summed E-state index contributed by atoms with van der Waals surface area (Å²) in [5.41, 5.74) is 0.880. The van der Waals surface area contributed by atoms with Crippen LogP contribution in [0.15, 0.2) is 18.7 Å². The first-order valence-corrected chi connectivity index (χ1v) is 8.38. The Morgan fingerprint density at radius 1 is 1.20 bits per heavy atom. The Morgan fingerprint density at radius 3 is 3.00 bits per heavy atom. The Kier molecular flexibility index (Phi) is 3.06. The monoisotopic (exact) mass is 289 g/mol. The topological polar surface area (TPSA) is 46.3 Å². The normalized spacial score (nSPS) is 22.5. The second kappa shape index (κ2) is 4.91. The van der Waals surface area contributed by atoms with Gasteiger partial charge in [0, 0.05) is 36.0 Å². The van der Waals surface area contributed by atoms with Gasteiger partial charge in [-0.2, -0.15) is 11.8 Å². The summed E-state index contributed by atoms with van der Waals surface area (Å²) in [4.78, 5) is 7.00. The van der Waals surface area contributed by atoms with Crippen molar-refractivity contribution in [1.82, 2.24) is 19.6 Å². The van der Waals surface area contributed by atoms with Crippen LogP contribution in [0.3, 0.4) is 0 Å². The maximum absolute atomic E-state index is 4.57.